The summed E-state index contributed by atoms with van der Waals surface area (Å²) in [5.41, 5.74) is 3.14. The van der Waals surface area contributed by atoms with Gasteiger partial charge in [0.1, 0.15) is 11.9 Å². The van der Waals surface area contributed by atoms with Crippen LogP contribution in [0.2, 0.25) is 0 Å². The molecule has 1 aliphatic rings. The van der Waals surface area contributed by atoms with Crippen molar-refractivity contribution in [2.75, 3.05) is 0 Å². The van der Waals surface area contributed by atoms with Crippen molar-refractivity contribution in [3.05, 3.63) is 71.3 Å². The SMILES string of the molecule is CCCCC[C@H](O)[C@@H](/C=C/c1cccc2c1COC(C)(C)O2)OCc1ccccc1. The van der Waals surface area contributed by atoms with E-state index in [1.807, 2.05) is 74.5 Å². The van der Waals surface area contributed by atoms with Crippen LogP contribution in [0.4, 0.5) is 0 Å². The molecule has 0 unspecified atom stereocenters. The zero-order valence-corrected chi connectivity index (χ0v) is 18.3. The molecule has 4 nitrogen and oxygen atoms in total. The van der Waals surface area contributed by atoms with Gasteiger partial charge in [0.05, 0.1) is 19.3 Å². The van der Waals surface area contributed by atoms with Gasteiger partial charge in [-0.15, -0.1) is 0 Å². The Balaban J connectivity index is 1.74. The van der Waals surface area contributed by atoms with Crippen molar-refractivity contribution in [3.63, 3.8) is 0 Å². The summed E-state index contributed by atoms with van der Waals surface area (Å²) in [6.45, 7) is 6.96. The number of unbranched alkanes of at least 4 members (excludes halogenated alkanes) is 2. The zero-order chi connectivity index (χ0) is 21.4. The maximum atomic E-state index is 10.8. The molecule has 2 atom stereocenters. The molecule has 3 rings (SSSR count). The monoisotopic (exact) mass is 410 g/mol. The third-order valence-corrected chi connectivity index (χ3v) is 5.32. The Morgan fingerprint density at radius 2 is 1.90 bits per heavy atom. The molecule has 1 N–H and O–H groups in total. The number of hydrogen-bond donors (Lipinski definition) is 1. The molecule has 2 aromatic rings. The minimum absolute atomic E-state index is 0.375. The van der Waals surface area contributed by atoms with E-state index in [0.717, 1.165) is 48.1 Å². The lowest BCUT2D eigenvalue weighted by Crippen LogP contribution is -2.35. The molecule has 0 aromatic heterocycles. The van der Waals surface area contributed by atoms with Gasteiger partial charge >= 0.3 is 0 Å². The second-order valence-corrected chi connectivity index (χ2v) is 8.30. The third kappa shape index (κ3) is 6.43. The highest BCUT2D eigenvalue weighted by Crippen LogP contribution is 2.33. The van der Waals surface area contributed by atoms with E-state index in [0.29, 0.717) is 13.2 Å². The number of aliphatic hydroxyl groups is 1. The summed E-state index contributed by atoms with van der Waals surface area (Å²) < 4.78 is 17.9. The average Bonchev–Trinajstić information content (AvgIpc) is 2.73. The lowest BCUT2D eigenvalue weighted by molar-refractivity contribution is -0.180. The van der Waals surface area contributed by atoms with Gasteiger partial charge in [-0.1, -0.05) is 80.8 Å². The minimum Gasteiger partial charge on any atom is -0.463 e. The van der Waals surface area contributed by atoms with Crippen LogP contribution in [0.15, 0.2) is 54.6 Å². The summed E-state index contributed by atoms with van der Waals surface area (Å²) in [4.78, 5) is 0. The van der Waals surface area contributed by atoms with Crippen molar-refractivity contribution in [2.45, 2.75) is 77.7 Å². The molecule has 0 aliphatic carbocycles. The molecule has 0 saturated carbocycles. The molecule has 0 saturated heterocycles. The zero-order valence-electron chi connectivity index (χ0n) is 18.3. The number of ether oxygens (including phenoxy) is 3. The summed E-state index contributed by atoms with van der Waals surface area (Å²) in [5, 5.41) is 10.8. The first kappa shape index (κ1) is 22.5. The Morgan fingerprint density at radius 3 is 2.67 bits per heavy atom. The van der Waals surface area contributed by atoms with Gasteiger partial charge in [0.25, 0.3) is 0 Å². The summed E-state index contributed by atoms with van der Waals surface area (Å²) >= 11 is 0. The second-order valence-electron chi connectivity index (χ2n) is 8.30. The number of rotatable bonds is 10. The van der Waals surface area contributed by atoms with E-state index < -0.39 is 11.9 Å². The summed E-state index contributed by atoms with van der Waals surface area (Å²) in [5.74, 6) is 0.227. The number of benzene rings is 2. The highest BCUT2D eigenvalue weighted by atomic mass is 16.7. The summed E-state index contributed by atoms with van der Waals surface area (Å²) in [7, 11) is 0. The van der Waals surface area contributed by atoms with Crippen LogP contribution < -0.4 is 4.74 Å². The topological polar surface area (TPSA) is 47.9 Å². The lowest BCUT2D eigenvalue weighted by atomic mass is 10.0. The highest BCUT2D eigenvalue weighted by molar-refractivity contribution is 5.58. The predicted octanol–water partition coefficient (Wildman–Crippen LogP) is 5.87. The van der Waals surface area contributed by atoms with E-state index in [9.17, 15) is 5.11 Å². The normalized spacial score (nSPS) is 17.3. The van der Waals surface area contributed by atoms with Gasteiger partial charge in [0.2, 0.25) is 5.79 Å². The van der Waals surface area contributed by atoms with Crippen molar-refractivity contribution in [1.82, 2.24) is 0 Å². The quantitative estimate of drug-likeness (QED) is 0.498. The van der Waals surface area contributed by atoms with Crippen molar-refractivity contribution < 1.29 is 19.3 Å². The van der Waals surface area contributed by atoms with Gasteiger partial charge in [0.15, 0.2) is 0 Å². The van der Waals surface area contributed by atoms with Gasteiger partial charge in [-0.25, -0.2) is 0 Å². The molecule has 162 valence electrons. The van der Waals surface area contributed by atoms with E-state index in [4.69, 9.17) is 14.2 Å². The number of fused-ring (bicyclic) bond motifs is 1. The highest BCUT2D eigenvalue weighted by Gasteiger charge is 2.28. The fourth-order valence-corrected chi connectivity index (χ4v) is 3.56. The Bertz CT molecular complexity index is 813. The van der Waals surface area contributed by atoms with Crippen LogP contribution in [0.5, 0.6) is 5.75 Å². The molecular formula is C26H34O4. The van der Waals surface area contributed by atoms with Crippen LogP contribution in [0.1, 0.15) is 63.1 Å². The van der Waals surface area contributed by atoms with Crippen molar-refractivity contribution in [2.24, 2.45) is 0 Å². The molecule has 0 amide bonds. The van der Waals surface area contributed by atoms with Gasteiger partial charge < -0.3 is 19.3 Å². The van der Waals surface area contributed by atoms with Crippen LogP contribution in [-0.2, 0) is 22.7 Å². The van der Waals surface area contributed by atoms with Crippen LogP contribution in [-0.4, -0.2) is 23.1 Å². The molecule has 0 radical (unpaired) electrons. The molecular weight excluding hydrogens is 376 g/mol. The minimum atomic E-state index is -0.619. The maximum absolute atomic E-state index is 10.8. The maximum Gasteiger partial charge on any atom is 0.205 e. The molecule has 2 aromatic carbocycles. The van der Waals surface area contributed by atoms with E-state index in [-0.39, 0.29) is 6.10 Å². The van der Waals surface area contributed by atoms with Gasteiger partial charge in [0, 0.05) is 19.4 Å². The molecule has 0 bridgehead atoms. The molecule has 4 heteroatoms. The fourth-order valence-electron chi connectivity index (χ4n) is 3.56. The van der Waals surface area contributed by atoms with Gasteiger partial charge in [-0.2, -0.15) is 0 Å². The molecule has 30 heavy (non-hydrogen) atoms. The summed E-state index contributed by atoms with van der Waals surface area (Å²) in [6, 6.07) is 16.1. The Labute approximate surface area is 180 Å². The third-order valence-electron chi connectivity index (χ3n) is 5.32. The first-order valence-corrected chi connectivity index (χ1v) is 10.9. The second kappa shape index (κ2) is 10.8. The van der Waals surface area contributed by atoms with Crippen LogP contribution in [0.25, 0.3) is 6.08 Å². The van der Waals surface area contributed by atoms with Gasteiger partial charge in [-0.05, 0) is 23.6 Å². The Morgan fingerprint density at radius 1 is 1.10 bits per heavy atom. The first-order chi connectivity index (χ1) is 14.5. The van der Waals surface area contributed by atoms with E-state index in [2.05, 4.69) is 6.92 Å². The van der Waals surface area contributed by atoms with Crippen LogP contribution in [0, 0.1) is 0 Å². The van der Waals surface area contributed by atoms with Crippen molar-refractivity contribution in [1.29, 1.82) is 0 Å². The van der Waals surface area contributed by atoms with Crippen LogP contribution >= 0.6 is 0 Å². The fraction of sp³-hybridized carbons (Fsp3) is 0.462. The largest absolute Gasteiger partial charge is 0.463 e. The number of hydrogen-bond acceptors (Lipinski definition) is 4. The Kier molecular flexibility index (Phi) is 8.08. The predicted molar refractivity (Wildman–Crippen MR) is 120 cm³/mol. The molecule has 1 aliphatic heterocycles. The van der Waals surface area contributed by atoms with Crippen molar-refractivity contribution >= 4 is 6.08 Å². The first-order valence-electron chi connectivity index (χ1n) is 10.9. The smallest absolute Gasteiger partial charge is 0.205 e. The number of aliphatic hydroxyl groups excluding tert-OH is 1. The van der Waals surface area contributed by atoms with E-state index >= 15 is 0 Å². The van der Waals surface area contributed by atoms with Crippen molar-refractivity contribution in [3.8, 4) is 5.75 Å². The van der Waals surface area contributed by atoms with E-state index in [1.165, 1.54) is 0 Å². The Hall–Kier alpha value is -2.14. The molecule has 0 spiro atoms. The average molecular weight is 411 g/mol. The van der Waals surface area contributed by atoms with Crippen LogP contribution in [0.3, 0.4) is 0 Å². The lowest BCUT2D eigenvalue weighted by Gasteiger charge is -2.33. The molecule has 0 fully saturated rings. The molecule has 1 heterocycles. The van der Waals surface area contributed by atoms with Gasteiger partial charge in [-0.3, -0.25) is 0 Å². The summed E-state index contributed by atoms with van der Waals surface area (Å²) in [6.07, 6.45) is 7.03. The standard InChI is InChI=1S/C26H34O4/c1-4-5-7-14-23(27)25(28-18-20-11-8-6-9-12-20)17-16-21-13-10-15-24-22(21)19-29-26(2,3)30-24/h6,8-13,15-17,23,25,27H,4-5,7,14,18-19H2,1-3H3/b17-16+/t23-,25+/m0/s1. The van der Waals surface area contributed by atoms with E-state index in [1.54, 1.807) is 0 Å².